The first-order chi connectivity index (χ1) is 11.3. The van der Waals surface area contributed by atoms with Crippen LogP contribution < -0.4 is 10.4 Å². The van der Waals surface area contributed by atoms with Crippen molar-refractivity contribution in [3.05, 3.63) is 84.9 Å². The Bertz CT molecular complexity index is 736. The van der Waals surface area contributed by atoms with Gasteiger partial charge >= 0.3 is 8.56 Å². The zero-order valence-electron chi connectivity index (χ0n) is 13.4. The van der Waals surface area contributed by atoms with Gasteiger partial charge in [0.1, 0.15) is 0 Å². The molecule has 0 atom stereocenters. The molecule has 23 heavy (non-hydrogen) atoms. The van der Waals surface area contributed by atoms with Crippen molar-refractivity contribution in [3.8, 4) is 11.1 Å². The van der Waals surface area contributed by atoms with E-state index in [4.69, 9.17) is 8.85 Å². The van der Waals surface area contributed by atoms with Crippen molar-refractivity contribution < 1.29 is 8.85 Å². The van der Waals surface area contributed by atoms with E-state index >= 15 is 0 Å². The van der Waals surface area contributed by atoms with Gasteiger partial charge in [-0.05, 0) is 21.5 Å². The highest BCUT2D eigenvalue weighted by Crippen LogP contribution is 2.18. The topological polar surface area (TPSA) is 18.5 Å². The van der Waals surface area contributed by atoms with Crippen molar-refractivity contribution in [2.75, 3.05) is 14.2 Å². The summed E-state index contributed by atoms with van der Waals surface area (Å²) in [6, 6.07) is 29.1. The van der Waals surface area contributed by atoms with E-state index in [9.17, 15) is 0 Å². The molecule has 0 radical (unpaired) electrons. The first kappa shape index (κ1) is 15.7. The van der Waals surface area contributed by atoms with Crippen LogP contribution in [-0.2, 0) is 8.85 Å². The van der Waals surface area contributed by atoms with Crippen LogP contribution in [0.1, 0.15) is 0 Å². The summed E-state index contributed by atoms with van der Waals surface area (Å²) >= 11 is 0. The van der Waals surface area contributed by atoms with Gasteiger partial charge in [-0.3, -0.25) is 0 Å². The Labute approximate surface area is 138 Å². The molecular formula is C20H20O2Si. The summed E-state index contributed by atoms with van der Waals surface area (Å²) in [5.41, 5.74) is 2.40. The first-order valence-corrected chi connectivity index (χ1v) is 9.43. The van der Waals surface area contributed by atoms with Gasteiger partial charge < -0.3 is 8.85 Å². The summed E-state index contributed by atoms with van der Waals surface area (Å²) < 4.78 is 11.8. The van der Waals surface area contributed by atoms with Crippen LogP contribution in [0.3, 0.4) is 0 Å². The van der Waals surface area contributed by atoms with E-state index in [0.717, 1.165) is 10.4 Å². The van der Waals surface area contributed by atoms with E-state index in [2.05, 4.69) is 60.7 Å². The maximum atomic E-state index is 5.92. The van der Waals surface area contributed by atoms with Crippen LogP contribution in [0.15, 0.2) is 84.9 Å². The zero-order valence-corrected chi connectivity index (χ0v) is 14.4. The molecule has 0 aliphatic rings. The van der Waals surface area contributed by atoms with E-state index < -0.39 is 8.56 Å². The molecule has 0 N–H and O–H groups in total. The summed E-state index contributed by atoms with van der Waals surface area (Å²) in [4.78, 5) is 0. The zero-order chi connectivity index (χ0) is 16.1. The Kier molecular flexibility index (Phi) is 4.72. The SMILES string of the molecule is CO[Si](OC)(c1ccccc1)c1ccc(-c2ccccc2)cc1. The molecule has 0 fully saturated rings. The normalized spacial score (nSPS) is 11.4. The van der Waals surface area contributed by atoms with E-state index in [1.807, 2.05) is 24.3 Å². The fourth-order valence-electron chi connectivity index (χ4n) is 2.89. The third-order valence-electron chi connectivity index (χ3n) is 4.10. The molecule has 116 valence electrons. The molecule has 0 aliphatic carbocycles. The van der Waals surface area contributed by atoms with Crippen molar-refractivity contribution in [1.82, 2.24) is 0 Å². The molecule has 0 bridgehead atoms. The fourth-order valence-corrected chi connectivity index (χ4v) is 5.57. The van der Waals surface area contributed by atoms with Gasteiger partial charge in [0.15, 0.2) is 0 Å². The molecule has 3 aromatic rings. The largest absolute Gasteiger partial charge is 0.406 e. The maximum absolute atomic E-state index is 5.92. The molecular weight excluding hydrogens is 300 g/mol. The molecule has 0 spiro atoms. The molecule has 3 heteroatoms. The quantitative estimate of drug-likeness (QED) is 0.672. The van der Waals surface area contributed by atoms with E-state index in [0.29, 0.717) is 0 Å². The second kappa shape index (κ2) is 6.92. The van der Waals surface area contributed by atoms with Crippen LogP contribution in [0.2, 0.25) is 0 Å². The Morgan fingerprint density at radius 2 is 0.957 bits per heavy atom. The minimum absolute atomic E-state index is 1.10. The molecule has 3 aromatic carbocycles. The molecule has 0 amide bonds. The molecule has 3 rings (SSSR count). The lowest BCUT2D eigenvalue weighted by Crippen LogP contribution is -2.62. The maximum Gasteiger partial charge on any atom is 0.406 e. The molecule has 0 saturated heterocycles. The van der Waals surface area contributed by atoms with Crippen molar-refractivity contribution in [1.29, 1.82) is 0 Å². The van der Waals surface area contributed by atoms with Gasteiger partial charge in [-0.15, -0.1) is 0 Å². The third kappa shape index (κ3) is 2.99. The predicted octanol–water partition coefficient (Wildman–Crippen LogP) is 3.20. The summed E-state index contributed by atoms with van der Waals surface area (Å²) in [5, 5.41) is 2.21. The highest BCUT2D eigenvalue weighted by molar-refractivity contribution is 6.92. The standard InChI is InChI=1S/C20H20O2Si/c1-21-23(22-2,19-11-7-4-8-12-19)20-15-13-18(14-16-20)17-9-5-3-6-10-17/h3-16H,1-2H3. The minimum atomic E-state index is -2.62. The Hall–Kier alpha value is -2.20. The van der Waals surface area contributed by atoms with Gasteiger partial charge in [-0.2, -0.15) is 0 Å². The third-order valence-corrected chi connectivity index (χ3v) is 7.44. The fraction of sp³-hybridized carbons (Fsp3) is 0.100. The Balaban J connectivity index is 2.02. The molecule has 2 nitrogen and oxygen atoms in total. The molecule has 0 aliphatic heterocycles. The number of hydrogen-bond acceptors (Lipinski definition) is 2. The van der Waals surface area contributed by atoms with Crippen LogP contribution in [0, 0.1) is 0 Å². The van der Waals surface area contributed by atoms with Crippen LogP contribution >= 0.6 is 0 Å². The monoisotopic (exact) mass is 320 g/mol. The van der Waals surface area contributed by atoms with Gasteiger partial charge in [0.2, 0.25) is 0 Å². The van der Waals surface area contributed by atoms with E-state index in [-0.39, 0.29) is 0 Å². The van der Waals surface area contributed by atoms with E-state index in [1.165, 1.54) is 11.1 Å². The van der Waals surface area contributed by atoms with Crippen LogP contribution in [0.4, 0.5) is 0 Å². The van der Waals surface area contributed by atoms with Gasteiger partial charge in [0.25, 0.3) is 0 Å². The predicted molar refractivity (Wildman–Crippen MR) is 97.4 cm³/mol. The van der Waals surface area contributed by atoms with Crippen molar-refractivity contribution in [3.63, 3.8) is 0 Å². The van der Waals surface area contributed by atoms with Crippen LogP contribution in [0.25, 0.3) is 11.1 Å². The average molecular weight is 320 g/mol. The smallest absolute Gasteiger partial charge is 0.391 e. The lowest BCUT2D eigenvalue weighted by Gasteiger charge is -2.28. The van der Waals surface area contributed by atoms with Crippen molar-refractivity contribution >= 4 is 18.9 Å². The number of rotatable bonds is 5. The Morgan fingerprint density at radius 3 is 1.48 bits per heavy atom. The molecule has 0 unspecified atom stereocenters. The number of hydrogen-bond donors (Lipinski definition) is 0. The van der Waals surface area contributed by atoms with Crippen LogP contribution in [0.5, 0.6) is 0 Å². The lowest BCUT2D eigenvalue weighted by molar-refractivity contribution is 0.272. The average Bonchev–Trinajstić information content (AvgIpc) is 2.65. The van der Waals surface area contributed by atoms with Gasteiger partial charge in [-0.1, -0.05) is 84.9 Å². The lowest BCUT2D eigenvalue weighted by atomic mass is 10.1. The summed E-state index contributed by atoms with van der Waals surface area (Å²) in [7, 11) is 0.840. The summed E-state index contributed by atoms with van der Waals surface area (Å²) in [5.74, 6) is 0. The number of benzene rings is 3. The van der Waals surface area contributed by atoms with Gasteiger partial charge in [-0.25, -0.2) is 0 Å². The van der Waals surface area contributed by atoms with Gasteiger partial charge in [0, 0.05) is 14.2 Å². The highest BCUT2D eigenvalue weighted by atomic mass is 28.4. The molecule has 0 saturated carbocycles. The highest BCUT2D eigenvalue weighted by Gasteiger charge is 2.40. The van der Waals surface area contributed by atoms with Crippen molar-refractivity contribution in [2.45, 2.75) is 0 Å². The summed E-state index contributed by atoms with van der Waals surface area (Å²) in [6.07, 6.45) is 0. The molecule has 0 heterocycles. The van der Waals surface area contributed by atoms with Crippen molar-refractivity contribution in [2.24, 2.45) is 0 Å². The molecule has 0 aromatic heterocycles. The second-order valence-electron chi connectivity index (χ2n) is 5.33. The second-order valence-corrected chi connectivity index (χ2v) is 8.54. The summed E-state index contributed by atoms with van der Waals surface area (Å²) in [6.45, 7) is 0. The van der Waals surface area contributed by atoms with Crippen LogP contribution in [-0.4, -0.2) is 22.8 Å². The Morgan fingerprint density at radius 1 is 0.522 bits per heavy atom. The first-order valence-electron chi connectivity index (χ1n) is 7.62. The minimum Gasteiger partial charge on any atom is -0.391 e. The van der Waals surface area contributed by atoms with E-state index in [1.54, 1.807) is 14.2 Å². The van der Waals surface area contributed by atoms with Gasteiger partial charge in [0.05, 0.1) is 0 Å².